The molecule has 0 unspecified atom stereocenters. The molecule has 1 aliphatic carbocycles. The first-order valence-corrected chi connectivity index (χ1v) is 9.47. The molecule has 1 aromatic rings. The maximum atomic E-state index is 12.7. The molecular weight excluding hydrogens is 298 g/mol. The Morgan fingerprint density at radius 2 is 1.96 bits per heavy atom. The summed E-state index contributed by atoms with van der Waals surface area (Å²) in [7, 11) is 4.15. The smallest absolute Gasteiger partial charge is 0.222 e. The summed E-state index contributed by atoms with van der Waals surface area (Å²) in [6, 6.07) is 5.98. The number of nitrogens with zero attached hydrogens (tertiary/aromatic N) is 3. The zero-order valence-corrected chi connectivity index (χ0v) is 15.4. The van der Waals surface area contributed by atoms with Crippen LogP contribution >= 0.6 is 0 Å². The lowest BCUT2D eigenvalue weighted by Crippen LogP contribution is -2.40. The molecule has 1 heterocycles. The Bertz CT molecular complexity index is 469. The number of hydrogen-bond acceptors (Lipinski definition) is 3. The number of amides is 1. The standard InChI is InChI=1S/C20H33N3O/c1-22(2)15-16-23(17-18-9-4-3-5-10-18)20(24)13-8-12-19-11-6-7-14-21-19/h6-7,11,14,18H,3-5,8-10,12-13,15-17H2,1-2H3. The van der Waals surface area contributed by atoms with Gasteiger partial charge in [0.15, 0.2) is 0 Å². The SMILES string of the molecule is CN(C)CCN(CC1CCCCC1)C(=O)CCCc1ccccn1. The maximum Gasteiger partial charge on any atom is 0.222 e. The lowest BCUT2D eigenvalue weighted by atomic mass is 9.89. The van der Waals surface area contributed by atoms with Crippen LogP contribution in [0.2, 0.25) is 0 Å². The molecule has 1 aromatic heterocycles. The molecule has 0 aromatic carbocycles. The van der Waals surface area contributed by atoms with Crippen molar-refractivity contribution >= 4 is 5.91 Å². The van der Waals surface area contributed by atoms with Gasteiger partial charge in [0.2, 0.25) is 5.91 Å². The monoisotopic (exact) mass is 331 g/mol. The molecule has 4 heteroatoms. The normalized spacial score (nSPS) is 15.6. The molecule has 0 N–H and O–H groups in total. The third-order valence-corrected chi connectivity index (χ3v) is 4.92. The van der Waals surface area contributed by atoms with Gasteiger partial charge in [-0.25, -0.2) is 0 Å². The topological polar surface area (TPSA) is 36.4 Å². The molecule has 1 fully saturated rings. The third kappa shape index (κ3) is 7.00. The predicted octanol–water partition coefficient (Wildman–Crippen LogP) is 3.37. The number of pyridine rings is 1. The predicted molar refractivity (Wildman–Crippen MR) is 98.9 cm³/mol. The number of aryl methyl sites for hydroxylation is 1. The van der Waals surface area contributed by atoms with Gasteiger partial charge in [0, 0.05) is 37.9 Å². The first-order valence-electron chi connectivity index (χ1n) is 9.47. The first kappa shape index (κ1) is 18.9. The molecule has 0 bridgehead atoms. The van der Waals surface area contributed by atoms with Crippen LogP contribution in [0.25, 0.3) is 0 Å². The van der Waals surface area contributed by atoms with Gasteiger partial charge in [0.25, 0.3) is 0 Å². The van der Waals surface area contributed by atoms with E-state index in [0.29, 0.717) is 18.2 Å². The van der Waals surface area contributed by atoms with E-state index in [1.807, 2.05) is 24.4 Å². The summed E-state index contributed by atoms with van der Waals surface area (Å²) in [5.41, 5.74) is 1.08. The average molecular weight is 332 g/mol. The van der Waals surface area contributed by atoms with Crippen LogP contribution < -0.4 is 0 Å². The lowest BCUT2D eigenvalue weighted by molar-refractivity contribution is -0.132. The highest BCUT2D eigenvalue weighted by molar-refractivity contribution is 5.76. The molecule has 0 saturated heterocycles. The van der Waals surface area contributed by atoms with Crippen molar-refractivity contribution in [1.29, 1.82) is 0 Å². The number of carbonyl (C=O) groups excluding carboxylic acids is 1. The van der Waals surface area contributed by atoms with Crippen LogP contribution in [0, 0.1) is 5.92 Å². The van der Waals surface area contributed by atoms with Crippen LogP contribution in [-0.4, -0.2) is 54.4 Å². The van der Waals surface area contributed by atoms with Crippen molar-refractivity contribution < 1.29 is 4.79 Å². The van der Waals surface area contributed by atoms with E-state index < -0.39 is 0 Å². The van der Waals surface area contributed by atoms with Gasteiger partial charge < -0.3 is 9.80 Å². The van der Waals surface area contributed by atoms with Gasteiger partial charge in [0.05, 0.1) is 0 Å². The quantitative estimate of drug-likeness (QED) is 0.696. The summed E-state index contributed by atoms with van der Waals surface area (Å²) in [4.78, 5) is 21.3. The highest BCUT2D eigenvalue weighted by Crippen LogP contribution is 2.24. The highest BCUT2D eigenvalue weighted by Gasteiger charge is 2.20. The molecule has 134 valence electrons. The molecule has 2 rings (SSSR count). The van der Waals surface area contributed by atoms with E-state index in [0.717, 1.165) is 38.2 Å². The summed E-state index contributed by atoms with van der Waals surface area (Å²) < 4.78 is 0. The number of likely N-dealkylation sites (N-methyl/N-ethyl adjacent to an activating group) is 1. The Morgan fingerprint density at radius 3 is 2.62 bits per heavy atom. The molecule has 1 amide bonds. The van der Waals surface area contributed by atoms with Gasteiger partial charge in [-0.15, -0.1) is 0 Å². The Morgan fingerprint density at radius 1 is 1.17 bits per heavy atom. The van der Waals surface area contributed by atoms with Gasteiger partial charge in [-0.1, -0.05) is 25.3 Å². The van der Waals surface area contributed by atoms with E-state index in [1.165, 1.54) is 32.1 Å². The molecule has 4 nitrogen and oxygen atoms in total. The van der Waals surface area contributed by atoms with Crippen LogP contribution in [-0.2, 0) is 11.2 Å². The zero-order valence-electron chi connectivity index (χ0n) is 15.4. The van der Waals surface area contributed by atoms with Gasteiger partial charge in [-0.2, -0.15) is 0 Å². The molecule has 0 aliphatic heterocycles. The number of rotatable bonds is 9. The summed E-state index contributed by atoms with van der Waals surface area (Å²) >= 11 is 0. The summed E-state index contributed by atoms with van der Waals surface area (Å²) in [6.45, 7) is 2.75. The van der Waals surface area contributed by atoms with E-state index in [9.17, 15) is 4.79 Å². The largest absolute Gasteiger partial charge is 0.341 e. The minimum absolute atomic E-state index is 0.318. The second kappa shape index (κ2) is 10.4. The van der Waals surface area contributed by atoms with Crippen LogP contribution in [0.3, 0.4) is 0 Å². The van der Waals surface area contributed by atoms with Crippen LogP contribution in [0.15, 0.2) is 24.4 Å². The van der Waals surface area contributed by atoms with E-state index in [4.69, 9.17) is 0 Å². The molecule has 0 radical (unpaired) electrons. The molecule has 1 aliphatic rings. The summed E-state index contributed by atoms with van der Waals surface area (Å²) in [5, 5.41) is 0. The molecule has 24 heavy (non-hydrogen) atoms. The number of carbonyl (C=O) groups is 1. The molecule has 0 atom stereocenters. The van der Waals surface area contributed by atoms with Crippen molar-refractivity contribution in [3.8, 4) is 0 Å². The van der Waals surface area contributed by atoms with E-state index in [1.54, 1.807) is 0 Å². The molecule has 0 spiro atoms. The number of hydrogen-bond donors (Lipinski definition) is 0. The fourth-order valence-corrected chi connectivity index (χ4v) is 3.44. The Labute approximate surface area is 147 Å². The van der Waals surface area contributed by atoms with Crippen molar-refractivity contribution in [3.63, 3.8) is 0 Å². The molecule has 1 saturated carbocycles. The van der Waals surface area contributed by atoms with Crippen LogP contribution in [0.4, 0.5) is 0 Å². The van der Waals surface area contributed by atoms with Crippen molar-refractivity contribution in [3.05, 3.63) is 30.1 Å². The fourth-order valence-electron chi connectivity index (χ4n) is 3.44. The summed E-state index contributed by atoms with van der Waals surface area (Å²) in [6.07, 6.45) is 10.8. The second-order valence-electron chi connectivity index (χ2n) is 7.32. The Balaban J connectivity index is 1.80. The minimum Gasteiger partial charge on any atom is -0.341 e. The van der Waals surface area contributed by atoms with E-state index >= 15 is 0 Å². The van der Waals surface area contributed by atoms with Crippen LogP contribution in [0.5, 0.6) is 0 Å². The van der Waals surface area contributed by atoms with Crippen molar-refractivity contribution in [2.45, 2.75) is 51.4 Å². The first-order chi connectivity index (χ1) is 11.6. The van der Waals surface area contributed by atoms with Crippen molar-refractivity contribution in [1.82, 2.24) is 14.8 Å². The average Bonchev–Trinajstić information content (AvgIpc) is 2.60. The van der Waals surface area contributed by atoms with E-state index in [2.05, 4.69) is 28.9 Å². The highest BCUT2D eigenvalue weighted by atomic mass is 16.2. The third-order valence-electron chi connectivity index (χ3n) is 4.92. The second-order valence-corrected chi connectivity index (χ2v) is 7.32. The zero-order chi connectivity index (χ0) is 17.2. The summed E-state index contributed by atoms with van der Waals surface area (Å²) in [5.74, 6) is 1.03. The van der Waals surface area contributed by atoms with Gasteiger partial charge in [0.1, 0.15) is 0 Å². The van der Waals surface area contributed by atoms with Crippen molar-refractivity contribution in [2.24, 2.45) is 5.92 Å². The van der Waals surface area contributed by atoms with Gasteiger partial charge in [-0.05, 0) is 57.8 Å². The van der Waals surface area contributed by atoms with Gasteiger partial charge >= 0.3 is 0 Å². The lowest BCUT2D eigenvalue weighted by Gasteiger charge is -2.30. The number of aromatic nitrogens is 1. The Hall–Kier alpha value is -1.42. The van der Waals surface area contributed by atoms with Crippen molar-refractivity contribution in [2.75, 3.05) is 33.7 Å². The molecular formula is C20H33N3O. The maximum absolute atomic E-state index is 12.7. The van der Waals surface area contributed by atoms with E-state index in [-0.39, 0.29) is 0 Å². The van der Waals surface area contributed by atoms with Gasteiger partial charge in [-0.3, -0.25) is 9.78 Å². The Kier molecular flexibility index (Phi) is 8.23. The van der Waals surface area contributed by atoms with Crippen LogP contribution in [0.1, 0.15) is 50.6 Å². The fraction of sp³-hybridized carbons (Fsp3) is 0.700. The minimum atomic E-state index is 0.318.